The SMILES string of the molecule is CC1CC(C)CC(CN)(NCC2CCCO2)C1. The summed E-state index contributed by atoms with van der Waals surface area (Å²) in [6.45, 7) is 7.39. The summed E-state index contributed by atoms with van der Waals surface area (Å²) in [4.78, 5) is 0. The molecule has 1 aliphatic carbocycles. The number of rotatable bonds is 4. The van der Waals surface area contributed by atoms with Crippen LogP contribution in [0, 0.1) is 11.8 Å². The van der Waals surface area contributed by atoms with Gasteiger partial charge in [-0.15, -0.1) is 0 Å². The Morgan fingerprint density at radius 2 is 2.00 bits per heavy atom. The van der Waals surface area contributed by atoms with Crippen LogP contribution in [0.3, 0.4) is 0 Å². The zero-order valence-electron chi connectivity index (χ0n) is 11.4. The zero-order valence-corrected chi connectivity index (χ0v) is 11.4. The molecule has 2 fully saturated rings. The zero-order chi connectivity index (χ0) is 12.3. The summed E-state index contributed by atoms with van der Waals surface area (Å²) in [6.07, 6.45) is 6.64. The Morgan fingerprint density at radius 3 is 2.53 bits per heavy atom. The van der Waals surface area contributed by atoms with Crippen LogP contribution < -0.4 is 11.1 Å². The van der Waals surface area contributed by atoms with E-state index in [4.69, 9.17) is 10.5 Å². The largest absolute Gasteiger partial charge is 0.377 e. The van der Waals surface area contributed by atoms with Gasteiger partial charge in [0.1, 0.15) is 0 Å². The van der Waals surface area contributed by atoms with Crippen LogP contribution in [0.25, 0.3) is 0 Å². The molecule has 0 aromatic rings. The van der Waals surface area contributed by atoms with Gasteiger partial charge in [0.05, 0.1) is 6.10 Å². The van der Waals surface area contributed by atoms with Crippen LogP contribution >= 0.6 is 0 Å². The van der Waals surface area contributed by atoms with Crippen molar-refractivity contribution >= 4 is 0 Å². The van der Waals surface area contributed by atoms with Gasteiger partial charge >= 0.3 is 0 Å². The summed E-state index contributed by atoms with van der Waals surface area (Å²) >= 11 is 0. The maximum Gasteiger partial charge on any atom is 0.0700 e. The van der Waals surface area contributed by atoms with Crippen LogP contribution in [0.15, 0.2) is 0 Å². The molecule has 0 amide bonds. The normalized spacial score (nSPS) is 42.9. The lowest BCUT2D eigenvalue weighted by Crippen LogP contribution is -2.56. The average Bonchev–Trinajstić information content (AvgIpc) is 2.78. The lowest BCUT2D eigenvalue weighted by molar-refractivity contribution is 0.0839. The van der Waals surface area contributed by atoms with Crippen LogP contribution in [-0.4, -0.2) is 31.3 Å². The van der Waals surface area contributed by atoms with Gasteiger partial charge < -0.3 is 15.8 Å². The molecule has 3 nitrogen and oxygen atoms in total. The van der Waals surface area contributed by atoms with Crippen molar-refractivity contribution in [1.29, 1.82) is 0 Å². The fourth-order valence-corrected chi connectivity index (χ4v) is 3.79. The predicted octanol–water partition coefficient (Wildman–Crippen LogP) is 1.91. The molecular formula is C14H28N2O. The second kappa shape index (κ2) is 5.68. The monoisotopic (exact) mass is 240 g/mol. The number of ether oxygens (including phenoxy) is 1. The minimum absolute atomic E-state index is 0.170. The number of nitrogens with two attached hydrogens (primary N) is 1. The summed E-state index contributed by atoms with van der Waals surface area (Å²) in [5.41, 5.74) is 6.21. The summed E-state index contributed by atoms with van der Waals surface area (Å²) in [5.74, 6) is 1.58. The molecule has 3 heteroatoms. The van der Waals surface area contributed by atoms with Crippen molar-refractivity contribution < 1.29 is 4.74 Å². The van der Waals surface area contributed by atoms with Gasteiger partial charge in [-0.25, -0.2) is 0 Å². The molecule has 2 rings (SSSR count). The number of nitrogens with one attached hydrogen (secondary N) is 1. The van der Waals surface area contributed by atoms with Crippen LogP contribution in [0.4, 0.5) is 0 Å². The highest BCUT2D eigenvalue weighted by molar-refractivity contribution is 4.96. The molecular weight excluding hydrogens is 212 g/mol. The van der Waals surface area contributed by atoms with Gasteiger partial charge in [0.25, 0.3) is 0 Å². The van der Waals surface area contributed by atoms with Gasteiger partial charge in [-0.2, -0.15) is 0 Å². The molecule has 3 atom stereocenters. The fraction of sp³-hybridized carbons (Fsp3) is 1.00. The predicted molar refractivity (Wildman–Crippen MR) is 70.9 cm³/mol. The van der Waals surface area contributed by atoms with E-state index in [9.17, 15) is 0 Å². The van der Waals surface area contributed by atoms with Gasteiger partial charge in [0, 0.05) is 25.2 Å². The molecule has 17 heavy (non-hydrogen) atoms. The van der Waals surface area contributed by atoms with E-state index >= 15 is 0 Å². The summed E-state index contributed by atoms with van der Waals surface area (Å²) in [7, 11) is 0. The maximum absolute atomic E-state index is 6.04. The first-order chi connectivity index (χ1) is 8.13. The number of hydrogen-bond donors (Lipinski definition) is 2. The van der Waals surface area contributed by atoms with Crippen molar-refractivity contribution in [2.45, 2.75) is 57.6 Å². The second-order valence-electron chi connectivity index (χ2n) is 6.35. The molecule has 3 unspecified atom stereocenters. The first kappa shape index (κ1) is 13.3. The summed E-state index contributed by atoms with van der Waals surface area (Å²) < 4.78 is 5.68. The third-order valence-electron chi connectivity index (χ3n) is 4.40. The van der Waals surface area contributed by atoms with E-state index in [1.54, 1.807) is 0 Å². The van der Waals surface area contributed by atoms with E-state index in [1.807, 2.05) is 0 Å². The maximum atomic E-state index is 6.04. The van der Waals surface area contributed by atoms with Crippen molar-refractivity contribution in [3.8, 4) is 0 Å². The molecule has 0 aromatic heterocycles. The molecule has 1 heterocycles. The molecule has 1 saturated carbocycles. The minimum Gasteiger partial charge on any atom is -0.377 e. The van der Waals surface area contributed by atoms with Gasteiger partial charge in [-0.05, 0) is 43.9 Å². The van der Waals surface area contributed by atoms with Crippen LogP contribution in [0.2, 0.25) is 0 Å². The quantitative estimate of drug-likeness (QED) is 0.789. The molecule has 3 N–H and O–H groups in total. The van der Waals surface area contributed by atoms with Crippen LogP contribution in [0.1, 0.15) is 46.0 Å². The Bertz CT molecular complexity index is 228. The van der Waals surface area contributed by atoms with Gasteiger partial charge in [-0.3, -0.25) is 0 Å². The topological polar surface area (TPSA) is 47.3 Å². The summed E-state index contributed by atoms with van der Waals surface area (Å²) in [5, 5.41) is 3.74. The van der Waals surface area contributed by atoms with Crippen molar-refractivity contribution in [2.24, 2.45) is 17.6 Å². The van der Waals surface area contributed by atoms with E-state index in [0.717, 1.165) is 31.5 Å². The lowest BCUT2D eigenvalue weighted by atomic mass is 9.71. The van der Waals surface area contributed by atoms with Crippen molar-refractivity contribution in [3.05, 3.63) is 0 Å². The Kier molecular flexibility index (Phi) is 4.45. The highest BCUT2D eigenvalue weighted by Crippen LogP contribution is 2.35. The Morgan fingerprint density at radius 1 is 1.29 bits per heavy atom. The minimum atomic E-state index is 0.170. The van der Waals surface area contributed by atoms with Crippen molar-refractivity contribution in [3.63, 3.8) is 0 Å². The highest BCUT2D eigenvalue weighted by Gasteiger charge is 2.37. The van der Waals surface area contributed by atoms with Crippen molar-refractivity contribution in [1.82, 2.24) is 5.32 Å². The Labute approximate surface area is 105 Å². The molecule has 2 aliphatic rings. The van der Waals surface area contributed by atoms with Crippen LogP contribution in [-0.2, 0) is 4.74 Å². The van der Waals surface area contributed by atoms with Gasteiger partial charge in [-0.1, -0.05) is 13.8 Å². The van der Waals surface area contributed by atoms with Gasteiger partial charge in [0.2, 0.25) is 0 Å². The average molecular weight is 240 g/mol. The lowest BCUT2D eigenvalue weighted by Gasteiger charge is -2.43. The van der Waals surface area contributed by atoms with E-state index in [1.165, 1.54) is 32.1 Å². The third-order valence-corrected chi connectivity index (χ3v) is 4.40. The first-order valence-electron chi connectivity index (χ1n) is 7.20. The molecule has 0 bridgehead atoms. The Hall–Kier alpha value is -0.120. The first-order valence-corrected chi connectivity index (χ1v) is 7.20. The van der Waals surface area contributed by atoms with E-state index in [0.29, 0.717) is 6.10 Å². The number of hydrogen-bond acceptors (Lipinski definition) is 3. The van der Waals surface area contributed by atoms with E-state index in [2.05, 4.69) is 19.2 Å². The fourth-order valence-electron chi connectivity index (χ4n) is 3.79. The molecule has 1 aliphatic heterocycles. The summed E-state index contributed by atoms with van der Waals surface area (Å²) in [6, 6.07) is 0. The molecule has 1 saturated heterocycles. The second-order valence-corrected chi connectivity index (χ2v) is 6.35. The Balaban J connectivity index is 1.88. The molecule has 0 aromatic carbocycles. The molecule has 0 radical (unpaired) electrons. The van der Waals surface area contributed by atoms with E-state index < -0.39 is 0 Å². The van der Waals surface area contributed by atoms with E-state index in [-0.39, 0.29) is 5.54 Å². The van der Waals surface area contributed by atoms with Crippen molar-refractivity contribution in [2.75, 3.05) is 19.7 Å². The highest BCUT2D eigenvalue weighted by atomic mass is 16.5. The molecule has 100 valence electrons. The van der Waals surface area contributed by atoms with Crippen LogP contribution in [0.5, 0.6) is 0 Å². The smallest absolute Gasteiger partial charge is 0.0700 e. The molecule has 0 spiro atoms. The third kappa shape index (κ3) is 3.43. The standard InChI is InChI=1S/C14H28N2O/c1-11-6-12(2)8-14(7-11,10-15)16-9-13-4-3-5-17-13/h11-13,16H,3-10,15H2,1-2H3. The van der Waals surface area contributed by atoms with Gasteiger partial charge in [0.15, 0.2) is 0 Å².